The Hall–Kier alpha value is -3.30. The van der Waals surface area contributed by atoms with Crippen molar-refractivity contribution in [2.24, 2.45) is 5.73 Å². The lowest BCUT2D eigenvalue weighted by atomic mass is 10.1. The number of amides is 3. The minimum Gasteiger partial charge on any atom is -0.467 e. The molecule has 0 aromatic heterocycles. The minimum atomic E-state index is -1.05. The molecule has 0 unspecified atom stereocenters. The van der Waals surface area contributed by atoms with Gasteiger partial charge in [-0.3, -0.25) is 4.79 Å². The first-order valence-corrected chi connectivity index (χ1v) is 14.5. The lowest BCUT2D eigenvalue weighted by Gasteiger charge is -2.22. The quantitative estimate of drug-likeness (QED) is 0.191. The fraction of sp³-hybridized carbons (Fsp3) is 0.448. The van der Waals surface area contributed by atoms with E-state index in [2.05, 4.69) is 47.2 Å². The van der Waals surface area contributed by atoms with Crippen molar-refractivity contribution in [1.29, 1.82) is 0 Å². The van der Waals surface area contributed by atoms with Gasteiger partial charge in [-0.15, -0.1) is 0 Å². The zero-order chi connectivity index (χ0) is 33.1. The van der Waals surface area contributed by atoms with Crippen LogP contribution < -0.4 is 22.5 Å². The van der Waals surface area contributed by atoms with Crippen molar-refractivity contribution in [3.05, 3.63) is 68.1 Å². The Morgan fingerprint density at radius 3 is 1.45 bits per heavy atom. The van der Waals surface area contributed by atoms with Crippen LogP contribution in [-0.2, 0) is 36.6 Å². The first-order valence-electron chi connectivity index (χ1n) is 12.9. The third-order valence-electron chi connectivity index (χ3n) is 5.09. The summed E-state index contributed by atoms with van der Waals surface area (Å²) in [6, 6.07) is 6.84. The van der Waals surface area contributed by atoms with Crippen molar-refractivity contribution in [3.63, 3.8) is 0 Å². The SMILES string of the molecule is CC(C)(C)OC(=O)N[C@@H](Cc1ccc(Br)cc1F)C(N)=O.COC(=O)[C@H](Cc1ccc(Br)cc1F)NC(=O)OC(C)(C)C.N. The molecule has 0 aliphatic rings. The average Bonchev–Trinajstić information content (AvgIpc) is 2.83. The van der Waals surface area contributed by atoms with Crippen LogP contribution in [0.2, 0.25) is 0 Å². The highest BCUT2D eigenvalue weighted by molar-refractivity contribution is 9.10. The van der Waals surface area contributed by atoms with Crippen molar-refractivity contribution in [2.75, 3.05) is 7.11 Å². The number of alkyl carbamates (subject to hydrolysis) is 2. The number of hydrogen-bond acceptors (Lipinski definition) is 8. The molecule has 0 aliphatic heterocycles. The van der Waals surface area contributed by atoms with Gasteiger partial charge in [0, 0.05) is 21.8 Å². The number of ether oxygens (including phenoxy) is 3. The lowest BCUT2D eigenvalue weighted by molar-refractivity contribution is -0.143. The number of hydrogen-bond donors (Lipinski definition) is 4. The second-order valence-electron chi connectivity index (χ2n) is 11.2. The Morgan fingerprint density at radius 2 is 1.14 bits per heavy atom. The number of nitrogens with two attached hydrogens (primary N) is 1. The Bertz CT molecular complexity index is 1300. The smallest absolute Gasteiger partial charge is 0.408 e. The third-order valence-corrected chi connectivity index (χ3v) is 6.08. The first-order chi connectivity index (χ1) is 19.7. The zero-order valence-electron chi connectivity index (χ0n) is 25.7. The highest BCUT2D eigenvalue weighted by atomic mass is 79.9. The molecule has 15 heteroatoms. The van der Waals surface area contributed by atoms with Crippen LogP contribution in [0.25, 0.3) is 0 Å². The number of nitrogens with one attached hydrogen (secondary N) is 2. The molecule has 246 valence electrons. The van der Waals surface area contributed by atoms with Gasteiger partial charge in [0.05, 0.1) is 7.11 Å². The Balaban J connectivity index is 0.000000823. The summed E-state index contributed by atoms with van der Waals surface area (Å²) >= 11 is 6.30. The second-order valence-corrected chi connectivity index (χ2v) is 13.0. The molecule has 2 atom stereocenters. The summed E-state index contributed by atoms with van der Waals surface area (Å²) in [6.07, 6.45) is -1.62. The van der Waals surface area contributed by atoms with Crippen LogP contribution in [0, 0.1) is 11.6 Å². The van der Waals surface area contributed by atoms with E-state index in [0.29, 0.717) is 8.95 Å². The summed E-state index contributed by atoms with van der Waals surface area (Å²) in [5.41, 5.74) is 4.40. The summed E-state index contributed by atoms with van der Waals surface area (Å²) in [4.78, 5) is 46.6. The van der Waals surface area contributed by atoms with Gasteiger partial charge >= 0.3 is 18.2 Å². The molecule has 0 aliphatic carbocycles. The van der Waals surface area contributed by atoms with E-state index in [9.17, 15) is 28.0 Å². The van der Waals surface area contributed by atoms with Crippen molar-refractivity contribution >= 4 is 55.9 Å². The highest BCUT2D eigenvalue weighted by Gasteiger charge is 2.27. The molecule has 0 heterocycles. The molecule has 2 aromatic rings. The van der Waals surface area contributed by atoms with Crippen LogP contribution in [0.15, 0.2) is 45.3 Å². The number of halogens is 4. The van der Waals surface area contributed by atoms with Gasteiger partial charge in [-0.05, 0) is 76.9 Å². The molecule has 0 radical (unpaired) electrons. The van der Waals surface area contributed by atoms with Crippen LogP contribution in [0.3, 0.4) is 0 Å². The van der Waals surface area contributed by atoms with Gasteiger partial charge in [-0.25, -0.2) is 23.2 Å². The molecule has 0 bridgehead atoms. The largest absolute Gasteiger partial charge is 0.467 e. The molecule has 0 saturated carbocycles. The van der Waals surface area contributed by atoms with Crippen LogP contribution >= 0.6 is 31.9 Å². The predicted octanol–water partition coefficient (Wildman–Crippen LogP) is 5.87. The fourth-order valence-corrected chi connectivity index (χ4v) is 3.94. The van der Waals surface area contributed by atoms with Gasteiger partial charge in [0.15, 0.2) is 0 Å². The molecule has 0 spiro atoms. The van der Waals surface area contributed by atoms with Gasteiger partial charge in [-0.1, -0.05) is 44.0 Å². The molecule has 0 fully saturated rings. The molecular weight excluding hydrogens is 714 g/mol. The molecular formula is C29H40Br2F2N4O7. The van der Waals surface area contributed by atoms with Crippen molar-refractivity contribution in [3.8, 4) is 0 Å². The Kier molecular flexibility index (Phi) is 16.5. The van der Waals surface area contributed by atoms with Crippen molar-refractivity contribution in [2.45, 2.75) is 77.7 Å². The number of esters is 1. The maximum absolute atomic E-state index is 13.9. The number of carbonyl (C=O) groups excluding carboxylic acids is 4. The second kappa shape index (κ2) is 17.9. The summed E-state index contributed by atoms with van der Waals surface area (Å²) in [5.74, 6) is -2.40. The van der Waals surface area contributed by atoms with E-state index in [1.807, 2.05) is 0 Å². The molecule has 2 rings (SSSR count). The fourth-order valence-electron chi connectivity index (χ4n) is 3.27. The lowest BCUT2D eigenvalue weighted by Crippen LogP contribution is -2.47. The van der Waals surface area contributed by atoms with Crippen molar-refractivity contribution in [1.82, 2.24) is 16.8 Å². The summed E-state index contributed by atoms with van der Waals surface area (Å²) in [5, 5.41) is 4.75. The Morgan fingerprint density at radius 1 is 0.773 bits per heavy atom. The molecule has 7 N–H and O–H groups in total. The average molecular weight is 754 g/mol. The number of carbonyl (C=O) groups is 4. The topological polar surface area (TPSA) is 181 Å². The molecule has 0 saturated heterocycles. The normalized spacial score (nSPS) is 12.2. The molecule has 44 heavy (non-hydrogen) atoms. The van der Waals surface area contributed by atoms with E-state index in [1.54, 1.807) is 53.7 Å². The highest BCUT2D eigenvalue weighted by Crippen LogP contribution is 2.18. The van der Waals surface area contributed by atoms with E-state index < -0.39 is 59.0 Å². The maximum atomic E-state index is 13.9. The summed E-state index contributed by atoms with van der Waals surface area (Å²) in [6.45, 7) is 10.2. The van der Waals surface area contributed by atoms with Crippen molar-refractivity contribution < 1.29 is 42.2 Å². The van der Waals surface area contributed by atoms with Gasteiger partial charge in [0.25, 0.3) is 0 Å². The van der Waals surface area contributed by atoms with E-state index in [-0.39, 0.29) is 30.1 Å². The Labute approximate surface area is 272 Å². The van der Waals surface area contributed by atoms with Gasteiger partial charge < -0.3 is 36.7 Å². The van der Waals surface area contributed by atoms with E-state index in [4.69, 9.17) is 15.2 Å². The molecule has 11 nitrogen and oxygen atoms in total. The maximum Gasteiger partial charge on any atom is 0.408 e. The van der Waals surface area contributed by atoms with Crippen LogP contribution in [0.5, 0.6) is 0 Å². The number of rotatable bonds is 8. The zero-order valence-corrected chi connectivity index (χ0v) is 28.9. The summed E-state index contributed by atoms with van der Waals surface area (Å²) in [7, 11) is 1.20. The molecule has 3 amide bonds. The third kappa shape index (κ3) is 16.0. The van der Waals surface area contributed by atoms with E-state index >= 15 is 0 Å². The van der Waals surface area contributed by atoms with E-state index in [0.717, 1.165) is 0 Å². The monoisotopic (exact) mass is 752 g/mol. The first kappa shape index (κ1) is 40.7. The summed E-state index contributed by atoms with van der Waals surface area (Å²) < 4.78 is 43.6. The number of methoxy groups -OCH3 is 1. The van der Waals surface area contributed by atoms with Crippen LogP contribution in [0.4, 0.5) is 18.4 Å². The van der Waals surface area contributed by atoms with Crippen LogP contribution in [0.1, 0.15) is 52.7 Å². The number of benzene rings is 2. The van der Waals surface area contributed by atoms with Gasteiger partial charge in [-0.2, -0.15) is 0 Å². The van der Waals surface area contributed by atoms with E-state index in [1.165, 1.54) is 31.4 Å². The minimum absolute atomic E-state index is 0. The van der Waals surface area contributed by atoms with Gasteiger partial charge in [0.1, 0.15) is 34.9 Å². The standard InChI is InChI=1S/C15H19BrFNO4.C14H18BrFN2O3.H3N/c1-15(2,3)22-14(20)18-12(13(19)21-4)7-9-5-6-10(16)8-11(9)17;1-14(2,3)21-13(20)18-11(12(17)19)6-8-4-5-9(15)7-10(8)16;/h5-6,8,12H,7H2,1-4H3,(H,18,20);4-5,7,11H,6H2,1-3H3,(H2,17,19)(H,18,20);1H3/t12-;11-;/m00./s1. The van der Waals surface area contributed by atoms with Gasteiger partial charge in [0.2, 0.25) is 5.91 Å². The predicted molar refractivity (Wildman–Crippen MR) is 168 cm³/mol. The van der Waals surface area contributed by atoms with Crippen LogP contribution in [-0.4, -0.2) is 54.5 Å². The number of primary amides is 1. The molecule has 2 aromatic carbocycles.